The normalized spacial score (nSPS) is 16.3. The van der Waals surface area contributed by atoms with Crippen molar-refractivity contribution in [3.05, 3.63) is 35.8 Å². The summed E-state index contributed by atoms with van der Waals surface area (Å²) in [5.41, 5.74) is 4.71. The molecule has 0 bridgehead atoms. The maximum absolute atomic E-state index is 12.7. The SMILES string of the molecule is COc1cc(-c2nn(C3CCCCO3)c3cnc(-c4c(C)nn(C)c4O[C@@H](C)CN(C)C(=O)OC(C)(C)C)cc23)cc2c(C=O)nn([C@@H](C)CO[Si](C)(C)C(C)(C)C)c12. The molecule has 3 atom stereocenters. The van der Waals surface area contributed by atoms with Crippen LogP contribution in [-0.2, 0) is 20.9 Å². The lowest BCUT2D eigenvalue weighted by molar-refractivity contribution is -0.0365. The maximum atomic E-state index is 12.7. The number of pyridine rings is 1. The Labute approximate surface area is 348 Å². The number of likely N-dealkylation sites (N-methyl/N-ethyl adjacent to an activating group) is 1. The highest BCUT2D eigenvalue weighted by Gasteiger charge is 2.38. The zero-order valence-electron chi connectivity index (χ0n) is 37.3. The Balaban J connectivity index is 1.44. The van der Waals surface area contributed by atoms with Gasteiger partial charge >= 0.3 is 6.09 Å². The van der Waals surface area contributed by atoms with Gasteiger partial charge in [0.1, 0.15) is 34.4 Å². The highest BCUT2D eigenvalue weighted by molar-refractivity contribution is 6.74. The number of hydrogen-bond donors (Lipinski definition) is 0. The number of hydrogen-bond acceptors (Lipinski definition) is 11. The molecule has 1 unspecified atom stereocenters. The second-order valence-electron chi connectivity index (χ2n) is 18.3. The topological polar surface area (TPSA) is 150 Å². The third-order valence-electron chi connectivity index (χ3n) is 11.3. The monoisotopic (exact) mass is 830 g/mol. The van der Waals surface area contributed by atoms with Crippen LogP contribution in [0.3, 0.4) is 0 Å². The molecule has 4 aromatic heterocycles. The number of benzene rings is 1. The Morgan fingerprint density at radius 1 is 1.07 bits per heavy atom. The molecule has 0 aliphatic carbocycles. The van der Waals surface area contributed by atoms with Crippen molar-refractivity contribution in [2.24, 2.45) is 7.05 Å². The Morgan fingerprint density at radius 2 is 1.80 bits per heavy atom. The first-order valence-electron chi connectivity index (χ1n) is 20.5. The van der Waals surface area contributed by atoms with E-state index in [4.69, 9.17) is 43.7 Å². The van der Waals surface area contributed by atoms with Gasteiger partial charge in [-0.1, -0.05) is 20.8 Å². The maximum Gasteiger partial charge on any atom is 0.410 e. The number of carbonyl (C=O) groups excluding carboxylic acids is 2. The summed E-state index contributed by atoms with van der Waals surface area (Å²) in [5.74, 6) is 1.08. The summed E-state index contributed by atoms with van der Waals surface area (Å²) in [4.78, 5) is 31.8. The van der Waals surface area contributed by atoms with Crippen LogP contribution in [0.5, 0.6) is 11.6 Å². The summed E-state index contributed by atoms with van der Waals surface area (Å²) < 4.78 is 36.4. The van der Waals surface area contributed by atoms with Crippen molar-refractivity contribution in [1.82, 2.24) is 39.2 Å². The molecule has 1 aliphatic rings. The molecule has 0 spiro atoms. The molecule has 15 nitrogen and oxygen atoms in total. The molecule has 16 heteroatoms. The van der Waals surface area contributed by atoms with Crippen molar-refractivity contribution < 1.29 is 33.0 Å². The first kappa shape index (κ1) is 43.8. The van der Waals surface area contributed by atoms with E-state index in [-0.39, 0.29) is 23.9 Å². The molecule has 1 fully saturated rings. The first-order chi connectivity index (χ1) is 27.6. The standard InChI is InChI=1S/C43H62N8O7Si/c1-26(25-56-59(13,14)43(7,8)9)50-39-30(33(24-52)46-50)19-29(20-35(39)54-12)38-31-21-32(44-22-34(31)51(47-38)36-17-15-16-18-55-36)37-28(3)45-49(11)40(37)57-27(2)23-48(10)41(53)58-42(4,5)6/h19-22,24,26-27,36H,15-18,23,25H2,1-14H3/t26-,27-,36?/m0/s1. The number of ether oxygens (including phenoxy) is 4. The van der Waals surface area contributed by atoms with Crippen LogP contribution in [0.4, 0.5) is 4.79 Å². The van der Waals surface area contributed by atoms with E-state index in [0.29, 0.717) is 52.8 Å². The number of aryl methyl sites for hydroxylation is 2. The summed E-state index contributed by atoms with van der Waals surface area (Å²) in [6, 6.07) is 5.76. The van der Waals surface area contributed by atoms with Crippen LogP contribution in [0.15, 0.2) is 24.4 Å². The number of aromatic nitrogens is 7. The molecule has 5 aromatic rings. The number of amides is 1. The zero-order valence-corrected chi connectivity index (χ0v) is 38.3. The minimum atomic E-state index is -2.04. The fraction of sp³-hybridized carbons (Fsp3) is 0.581. The van der Waals surface area contributed by atoms with Gasteiger partial charge in [0.25, 0.3) is 0 Å². The van der Waals surface area contributed by atoms with Gasteiger partial charge in [-0.2, -0.15) is 15.3 Å². The van der Waals surface area contributed by atoms with E-state index in [1.54, 1.807) is 18.8 Å². The Morgan fingerprint density at radius 3 is 2.42 bits per heavy atom. The molecule has 1 aromatic carbocycles. The van der Waals surface area contributed by atoms with E-state index >= 15 is 0 Å². The van der Waals surface area contributed by atoms with Gasteiger partial charge < -0.3 is 28.3 Å². The van der Waals surface area contributed by atoms with Crippen LogP contribution in [0, 0.1) is 6.92 Å². The van der Waals surface area contributed by atoms with Crippen LogP contribution in [-0.4, -0.2) is 106 Å². The van der Waals surface area contributed by atoms with Gasteiger partial charge in [-0.3, -0.25) is 14.5 Å². The van der Waals surface area contributed by atoms with Crippen molar-refractivity contribution in [3.63, 3.8) is 0 Å². The second kappa shape index (κ2) is 16.7. The van der Waals surface area contributed by atoms with Crippen molar-refractivity contribution >= 4 is 42.5 Å². The lowest BCUT2D eigenvalue weighted by Crippen LogP contribution is -2.42. The molecule has 320 valence electrons. The lowest BCUT2D eigenvalue weighted by atomic mass is 10.0. The van der Waals surface area contributed by atoms with E-state index in [9.17, 15) is 9.59 Å². The smallest absolute Gasteiger partial charge is 0.410 e. The minimum Gasteiger partial charge on any atom is -0.494 e. The van der Waals surface area contributed by atoms with Crippen LogP contribution >= 0.6 is 0 Å². The van der Waals surface area contributed by atoms with E-state index in [2.05, 4.69) is 33.9 Å². The zero-order chi connectivity index (χ0) is 43.2. The number of carbonyl (C=O) groups is 2. The third-order valence-corrected chi connectivity index (χ3v) is 15.8. The van der Waals surface area contributed by atoms with Gasteiger partial charge in [0.05, 0.1) is 55.0 Å². The molecule has 0 saturated carbocycles. The Bertz CT molecular complexity index is 2330. The van der Waals surface area contributed by atoms with Crippen molar-refractivity contribution in [2.45, 2.75) is 124 Å². The van der Waals surface area contributed by atoms with Crippen molar-refractivity contribution in [2.75, 3.05) is 33.9 Å². The lowest BCUT2D eigenvalue weighted by Gasteiger charge is -2.37. The van der Waals surface area contributed by atoms with Crippen molar-refractivity contribution in [1.29, 1.82) is 0 Å². The first-order valence-corrected chi connectivity index (χ1v) is 23.4. The summed E-state index contributed by atoms with van der Waals surface area (Å²) in [7, 11) is 3.10. The summed E-state index contributed by atoms with van der Waals surface area (Å²) in [5, 5.41) is 16.3. The fourth-order valence-electron chi connectivity index (χ4n) is 7.19. The van der Waals surface area contributed by atoms with E-state index in [1.807, 2.05) is 82.3 Å². The van der Waals surface area contributed by atoms with E-state index in [1.165, 1.54) is 4.90 Å². The van der Waals surface area contributed by atoms with Gasteiger partial charge in [-0.05, 0) is 97.1 Å². The second-order valence-corrected chi connectivity index (χ2v) is 23.1. The summed E-state index contributed by atoms with van der Waals surface area (Å²) in [6.45, 7) is 23.9. The van der Waals surface area contributed by atoms with E-state index < -0.39 is 26.1 Å². The number of nitrogens with zero attached hydrogens (tertiary/aromatic N) is 8. The molecule has 1 amide bonds. The van der Waals surface area contributed by atoms with Crippen LogP contribution in [0.1, 0.15) is 103 Å². The summed E-state index contributed by atoms with van der Waals surface area (Å²) >= 11 is 0. The van der Waals surface area contributed by atoms with Crippen LogP contribution < -0.4 is 9.47 Å². The molecule has 0 N–H and O–H groups in total. The Kier molecular flexibility index (Phi) is 12.4. The molecule has 1 aliphatic heterocycles. The molecular weight excluding hydrogens is 769 g/mol. The molecule has 5 heterocycles. The average Bonchev–Trinajstić information content (AvgIpc) is 3.82. The number of methoxy groups -OCH3 is 1. The molecule has 0 radical (unpaired) electrons. The van der Waals surface area contributed by atoms with Gasteiger partial charge in [0, 0.05) is 37.0 Å². The predicted octanol–water partition coefficient (Wildman–Crippen LogP) is 8.89. The largest absolute Gasteiger partial charge is 0.494 e. The average molecular weight is 831 g/mol. The third kappa shape index (κ3) is 9.04. The highest BCUT2D eigenvalue weighted by Crippen LogP contribution is 2.42. The number of fused-ring (bicyclic) bond motifs is 2. The molecule has 59 heavy (non-hydrogen) atoms. The fourth-order valence-corrected chi connectivity index (χ4v) is 8.28. The van der Waals surface area contributed by atoms with Gasteiger partial charge in [0.2, 0.25) is 5.88 Å². The van der Waals surface area contributed by atoms with Gasteiger partial charge in [-0.25, -0.2) is 14.2 Å². The highest BCUT2D eigenvalue weighted by atomic mass is 28.4. The van der Waals surface area contributed by atoms with Gasteiger partial charge in [0.15, 0.2) is 20.8 Å². The van der Waals surface area contributed by atoms with Crippen molar-refractivity contribution in [3.8, 4) is 34.1 Å². The Hall–Kier alpha value is -4.80. The number of aldehydes is 1. The molecular formula is C43H62N8O7Si. The molecule has 6 rings (SSSR count). The predicted molar refractivity (Wildman–Crippen MR) is 231 cm³/mol. The molecule has 1 saturated heterocycles. The van der Waals surface area contributed by atoms with Crippen LogP contribution in [0.25, 0.3) is 44.3 Å². The quantitative estimate of drug-likeness (QED) is 0.0827. The van der Waals surface area contributed by atoms with Gasteiger partial charge in [-0.15, -0.1) is 0 Å². The minimum absolute atomic E-state index is 0.0483. The number of rotatable bonds is 13. The van der Waals surface area contributed by atoms with E-state index in [0.717, 1.165) is 53.3 Å². The summed E-state index contributed by atoms with van der Waals surface area (Å²) in [6.07, 6.45) is 4.33. The van der Waals surface area contributed by atoms with Crippen LogP contribution in [0.2, 0.25) is 18.1 Å².